The molecule has 21 heavy (non-hydrogen) atoms. The normalized spacial score (nSPS) is 11.3. The average molecular weight is 277 g/mol. The van der Waals surface area contributed by atoms with Gasteiger partial charge >= 0.3 is 5.63 Å². The second-order valence-corrected chi connectivity index (χ2v) is 4.93. The van der Waals surface area contributed by atoms with Crippen LogP contribution >= 0.6 is 0 Å². The molecule has 0 N–H and O–H groups in total. The lowest BCUT2D eigenvalue weighted by Crippen LogP contribution is -1.96. The van der Waals surface area contributed by atoms with Crippen molar-refractivity contribution in [3.8, 4) is 11.3 Å². The molecule has 0 aromatic carbocycles. The molecule has 4 heterocycles. The topological polar surface area (TPSA) is 60.4 Å². The maximum atomic E-state index is 11.3. The number of pyridine rings is 2. The van der Waals surface area contributed by atoms with Gasteiger partial charge in [-0.2, -0.15) is 0 Å². The first-order valence-corrected chi connectivity index (χ1v) is 6.55. The van der Waals surface area contributed by atoms with Crippen LogP contribution in [0.4, 0.5) is 0 Å². The van der Waals surface area contributed by atoms with Crippen LogP contribution in [-0.2, 0) is 0 Å². The molecule has 0 unspecified atom stereocenters. The van der Waals surface area contributed by atoms with Crippen LogP contribution in [0.15, 0.2) is 58.1 Å². The molecule has 4 aromatic rings. The Hall–Kier alpha value is -2.95. The molecule has 0 radical (unpaired) electrons. The number of aryl methyl sites for hydroxylation is 1. The van der Waals surface area contributed by atoms with Crippen LogP contribution in [0.2, 0.25) is 0 Å². The van der Waals surface area contributed by atoms with Crippen molar-refractivity contribution in [3.05, 3.63) is 64.9 Å². The SMILES string of the molecule is Cc1ccc2nc(-c3ccnc4oc(=O)ccc34)cn2c1. The summed E-state index contributed by atoms with van der Waals surface area (Å²) in [5, 5.41) is 0.775. The van der Waals surface area contributed by atoms with E-state index in [1.54, 1.807) is 12.3 Å². The zero-order valence-electron chi connectivity index (χ0n) is 11.3. The van der Waals surface area contributed by atoms with Crippen LogP contribution in [0.25, 0.3) is 28.0 Å². The summed E-state index contributed by atoms with van der Waals surface area (Å²) in [4.78, 5) is 20.0. The monoisotopic (exact) mass is 277 g/mol. The number of nitrogens with zero attached hydrogens (tertiary/aromatic N) is 3. The third kappa shape index (κ3) is 1.90. The van der Waals surface area contributed by atoms with E-state index in [-0.39, 0.29) is 0 Å². The molecule has 0 saturated carbocycles. The smallest absolute Gasteiger partial charge is 0.337 e. The standard InChI is InChI=1S/C16H11N3O2/c1-10-2-4-14-18-13(9-19(14)8-10)11-6-7-17-16-12(11)3-5-15(20)21-16/h2-9H,1H3. The highest BCUT2D eigenvalue weighted by Crippen LogP contribution is 2.26. The number of hydrogen-bond acceptors (Lipinski definition) is 4. The molecule has 5 nitrogen and oxygen atoms in total. The number of fused-ring (bicyclic) bond motifs is 2. The van der Waals surface area contributed by atoms with Crippen molar-refractivity contribution < 1.29 is 4.42 Å². The minimum atomic E-state index is -0.405. The van der Waals surface area contributed by atoms with Gasteiger partial charge in [-0.3, -0.25) is 0 Å². The molecule has 0 bridgehead atoms. The van der Waals surface area contributed by atoms with Crippen molar-refractivity contribution in [1.29, 1.82) is 0 Å². The lowest BCUT2D eigenvalue weighted by molar-refractivity contribution is 0.549. The molecule has 0 aliphatic rings. The molecular formula is C16H11N3O2. The summed E-state index contributed by atoms with van der Waals surface area (Å²) in [5.74, 6) is 0. The molecular weight excluding hydrogens is 266 g/mol. The number of aromatic nitrogens is 3. The Morgan fingerprint density at radius 2 is 2.00 bits per heavy atom. The van der Waals surface area contributed by atoms with Gasteiger partial charge in [-0.1, -0.05) is 6.07 Å². The quantitative estimate of drug-likeness (QED) is 0.537. The Bertz CT molecular complexity index is 1030. The lowest BCUT2D eigenvalue weighted by atomic mass is 10.1. The highest BCUT2D eigenvalue weighted by Gasteiger charge is 2.10. The maximum Gasteiger partial charge on any atom is 0.337 e. The van der Waals surface area contributed by atoms with Crippen molar-refractivity contribution in [2.24, 2.45) is 0 Å². The molecule has 4 rings (SSSR count). The minimum absolute atomic E-state index is 0.327. The van der Waals surface area contributed by atoms with E-state index in [9.17, 15) is 4.79 Å². The van der Waals surface area contributed by atoms with E-state index in [0.29, 0.717) is 5.71 Å². The molecule has 102 valence electrons. The Labute approximate surface area is 119 Å². The zero-order chi connectivity index (χ0) is 14.4. The van der Waals surface area contributed by atoms with Gasteiger partial charge in [-0.15, -0.1) is 0 Å². The molecule has 0 spiro atoms. The Morgan fingerprint density at radius 3 is 2.90 bits per heavy atom. The van der Waals surface area contributed by atoms with Gasteiger partial charge in [0, 0.05) is 35.6 Å². The maximum absolute atomic E-state index is 11.3. The second kappa shape index (κ2) is 4.28. The van der Waals surface area contributed by atoms with Crippen LogP contribution in [-0.4, -0.2) is 14.4 Å². The predicted molar refractivity (Wildman–Crippen MR) is 79.2 cm³/mol. The van der Waals surface area contributed by atoms with E-state index >= 15 is 0 Å². The van der Waals surface area contributed by atoms with Gasteiger partial charge in [0.1, 0.15) is 5.65 Å². The van der Waals surface area contributed by atoms with Crippen molar-refractivity contribution >= 4 is 16.7 Å². The highest BCUT2D eigenvalue weighted by molar-refractivity contribution is 5.90. The van der Waals surface area contributed by atoms with E-state index in [4.69, 9.17) is 4.42 Å². The first kappa shape index (κ1) is 11.8. The van der Waals surface area contributed by atoms with Gasteiger partial charge < -0.3 is 8.82 Å². The molecule has 0 atom stereocenters. The zero-order valence-corrected chi connectivity index (χ0v) is 11.3. The van der Waals surface area contributed by atoms with Crippen LogP contribution in [0.1, 0.15) is 5.56 Å². The van der Waals surface area contributed by atoms with E-state index in [0.717, 1.165) is 27.9 Å². The van der Waals surface area contributed by atoms with Gasteiger partial charge in [-0.05, 0) is 30.7 Å². The van der Waals surface area contributed by atoms with Gasteiger partial charge in [-0.25, -0.2) is 14.8 Å². The Morgan fingerprint density at radius 1 is 1.10 bits per heavy atom. The van der Waals surface area contributed by atoms with Gasteiger partial charge in [0.25, 0.3) is 0 Å². The van der Waals surface area contributed by atoms with Crippen LogP contribution in [0.3, 0.4) is 0 Å². The van der Waals surface area contributed by atoms with Crippen molar-refractivity contribution in [1.82, 2.24) is 14.4 Å². The van der Waals surface area contributed by atoms with E-state index in [1.807, 2.05) is 41.9 Å². The first-order chi connectivity index (χ1) is 10.2. The van der Waals surface area contributed by atoms with E-state index < -0.39 is 5.63 Å². The summed E-state index contributed by atoms with van der Waals surface area (Å²) in [6, 6.07) is 8.99. The molecule has 4 aromatic heterocycles. The van der Waals surface area contributed by atoms with E-state index in [1.165, 1.54) is 6.07 Å². The predicted octanol–water partition coefficient (Wildman–Crippen LogP) is 2.81. The molecule has 5 heteroatoms. The van der Waals surface area contributed by atoms with Gasteiger partial charge in [0.15, 0.2) is 0 Å². The fourth-order valence-corrected chi connectivity index (χ4v) is 2.43. The number of hydrogen-bond donors (Lipinski definition) is 0. The molecule has 0 aliphatic heterocycles. The lowest BCUT2D eigenvalue weighted by Gasteiger charge is -2.00. The fourth-order valence-electron chi connectivity index (χ4n) is 2.43. The summed E-state index contributed by atoms with van der Waals surface area (Å²) < 4.78 is 7.10. The van der Waals surface area contributed by atoms with Gasteiger partial charge in [0.2, 0.25) is 5.71 Å². The fraction of sp³-hybridized carbons (Fsp3) is 0.0625. The summed E-state index contributed by atoms with van der Waals surface area (Å²) in [6.45, 7) is 2.04. The molecule has 0 amide bonds. The summed E-state index contributed by atoms with van der Waals surface area (Å²) in [7, 11) is 0. The minimum Gasteiger partial charge on any atom is -0.404 e. The number of rotatable bonds is 1. The third-order valence-corrected chi connectivity index (χ3v) is 3.41. The van der Waals surface area contributed by atoms with Crippen LogP contribution in [0.5, 0.6) is 0 Å². The Balaban J connectivity index is 2.01. The largest absolute Gasteiger partial charge is 0.404 e. The second-order valence-electron chi connectivity index (χ2n) is 4.93. The van der Waals surface area contributed by atoms with Crippen molar-refractivity contribution in [2.75, 3.05) is 0 Å². The van der Waals surface area contributed by atoms with Gasteiger partial charge in [0.05, 0.1) is 5.69 Å². The molecule has 0 aliphatic carbocycles. The van der Waals surface area contributed by atoms with Crippen molar-refractivity contribution in [2.45, 2.75) is 6.92 Å². The average Bonchev–Trinajstić information content (AvgIpc) is 2.89. The highest BCUT2D eigenvalue weighted by atomic mass is 16.4. The van der Waals surface area contributed by atoms with Crippen LogP contribution < -0.4 is 5.63 Å². The summed E-state index contributed by atoms with van der Waals surface area (Å²) in [5.41, 5.74) is 3.67. The van der Waals surface area contributed by atoms with E-state index in [2.05, 4.69) is 9.97 Å². The molecule has 0 fully saturated rings. The van der Waals surface area contributed by atoms with Crippen molar-refractivity contribution in [3.63, 3.8) is 0 Å². The third-order valence-electron chi connectivity index (χ3n) is 3.41. The first-order valence-electron chi connectivity index (χ1n) is 6.55. The summed E-state index contributed by atoms with van der Waals surface area (Å²) in [6.07, 6.45) is 5.60. The Kier molecular flexibility index (Phi) is 2.41. The van der Waals surface area contributed by atoms with Crippen LogP contribution in [0, 0.1) is 6.92 Å². The summed E-state index contributed by atoms with van der Waals surface area (Å²) >= 11 is 0. The molecule has 0 saturated heterocycles. The number of imidazole rings is 1.